The number of nitrogens with one attached hydrogen (secondary N) is 1. The van der Waals surface area contributed by atoms with Crippen molar-refractivity contribution in [3.63, 3.8) is 0 Å². The normalized spacial score (nSPS) is 13.1. The molecule has 2 aromatic rings. The van der Waals surface area contributed by atoms with Crippen molar-refractivity contribution in [3.8, 4) is 0 Å². The Kier molecular flexibility index (Phi) is 11.8. The van der Waals surface area contributed by atoms with Crippen LogP contribution in [0.5, 0.6) is 0 Å². The number of nitrogens with zero attached hydrogens (tertiary/aromatic N) is 2. The van der Waals surface area contributed by atoms with Crippen molar-refractivity contribution < 1.29 is 18.0 Å². The van der Waals surface area contributed by atoms with Crippen LogP contribution in [0.4, 0.5) is 5.69 Å². The lowest BCUT2D eigenvalue weighted by molar-refractivity contribution is -0.140. The largest absolute Gasteiger partial charge is 0.352 e. The second-order valence-electron chi connectivity index (χ2n) is 8.80. The maximum absolute atomic E-state index is 13.4. The van der Waals surface area contributed by atoms with Crippen molar-refractivity contribution in [1.82, 2.24) is 10.2 Å². The fourth-order valence-electron chi connectivity index (χ4n) is 3.54. The van der Waals surface area contributed by atoms with Gasteiger partial charge in [0.1, 0.15) is 6.04 Å². The number of sulfonamides is 1. The number of amides is 2. The topological polar surface area (TPSA) is 86.8 Å². The number of hydrogen-bond donors (Lipinski definition) is 1. The van der Waals surface area contributed by atoms with Crippen LogP contribution in [-0.4, -0.2) is 50.0 Å². The van der Waals surface area contributed by atoms with Gasteiger partial charge in [0, 0.05) is 30.6 Å². The lowest BCUT2D eigenvalue weighted by Gasteiger charge is -2.30. The molecule has 0 bridgehead atoms. The van der Waals surface area contributed by atoms with Gasteiger partial charge in [0.2, 0.25) is 21.8 Å². The molecule has 0 saturated heterocycles. The molecule has 0 aliphatic rings. The van der Waals surface area contributed by atoms with Gasteiger partial charge >= 0.3 is 0 Å². The molecule has 0 radical (unpaired) electrons. The Hall–Kier alpha value is -1.71. The number of hydrogen-bond acceptors (Lipinski definition) is 4. The van der Waals surface area contributed by atoms with Crippen molar-refractivity contribution in [2.45, 2.75) is 58.7 Å². The van der Waals surface area contributed by atoms with Crippen LogP contribution in [0.15, 0.2) is 36.4 Å². The minimum atomic E-state index is -3.70. The molecule has 2 amide bonds. The van der Waals surface area contributed by atoms with E-state index in [1.165, 1.54) is 17.0 Å². The zero-order valence-electron chi connectivity index (χ0n) is 21.1. The molecule has 0 aliphatic carbocycles. The SMILES string of the molecule is CC[C@H](C)NC(=O)[C@@H](C)N(Cc1ccc(Cl)c(Cl)c1)C(=O)CCCN(c1cc(Cl)ccc1Cl)S(C)(=O)=O. The zero-order chi connectivity index (χ0) is 27.9. The first-order valence-corrected chi connectivity index (χ1v) is 15.1. The molecule has 2 aromatic carbocycles. The van der Waals surface area contributed by atoms with Gasteiger partial charge in [-0.1, -0.05) is 59.4 Å². The van der Waals surface area contributed by atoms with Gasteiger partial charge in [0.15, 0.2) is 0 Å². The smallest absolute Gasteiger partial charge is 0.242 e. The summed E-state index contributed by atoms with van der Waals surface area (Å²) < 4.78 is 26.1. The van der Waals surface area contributed by atoms with Crippen LogP contribution in [0, 0.1) is 0 Å². The lowest BCUT2D eigenvalue weighted by atomic mass is 10.1. The molecule has 7 nitrogen and oxygen atoms in total. The maximum Gasteiger partial charge on any atom is 0.242 e. The monoisotopic (exact) mass is 609 g/mol. The van der Waals surface area contributed by atoms with E-state index in [9.17, 15) is 18.0 Å². The third kappa shape index (κ3) is 9.21. The summed E-state index contributed by atoms with van der Waals surface area (Å²) in [6.45, 7) is 5.62. The summed E-state index contributed by atoms with van der Waals surface area (Å²) in [6.07, 6.45) is 1.98. The number of anilines is 1. The zero-order valence-corrected chi connectivity index (χ0v) is 24.9. The molecule has 0 aromatic heterocycles. The van der Waals surface area contributed by atoms with Crippen LogP contribution in [0.3, 0.4) is 0 Å². The first-order valence-electron chi connectivity index (χ1n) is 11.7. The van der Waals surface area contributed by atoms with E-state index in [-0.39, 0.29) is 54.5 Å². The van der Waals surface area contributed by atoms with E-state index < -0.39 is 16.1 Å². The third-order valence-corrected chi connectivity index (χ3v) is 8.31. The molecular weight excluding hydrogens is 580 g/mol. The van der Waals surface area contributed by atoms with Gasteiger partial charge in [-0.05, 0) is 62.6 Å². The van der Waals surface area contributed by atoms with E-state index in [2.05, 4.69) is 5.32 Å². The van der Waals surface area contributed by atoms with Crippen LogP contribution < -0.4 is 9.62 Å². The van der Waals surface area contributed by atoms with Gasteiger partial charge in [0.25, 0.3) is 0 Å². The van der Waals surface area contributed by atoms with Crippen molar-refractivity contribution in [1.29, 1.82) is 0 Å². The van der Waals surface area contributed by atoms with Gasteiger partial charge < -0.3 is 10.2 Å². The van der Waals surface area contributed by atoms with Crippen LogP contribution in [0.25, 0.3) is 0 Å². The van der Waals surface area contributed by atoms with E-state index in [4.69, 9.17) is 46.4 Å². The van der Waals surface area contributed by atoms with Gasteiger partial charge in [-0.25, -0.2) is 8.42 Å². The molecule has 37 heavy (non-hydrogen) atoms. The number of halogens is 4. The van der Waals surface area contributed by atoms with Crippen molar-refractivity contribution in [3.05, 3.63) is 62.1 Å². The minimum absolute atomic E-state index is 0.00129. The molecule has 0 saturated carbocycles. The van der Waals surface area contributed by atoms with Crippen LogP contribution in [0.1, 0.15) is 45.6 Å². The molecule has 0 fully saturated rings. The quantitative estimate of drug-likeness (QED) is 0.311. The molecular formula is C25H31Cl4N3O4S. The van der Waals surface area contributed by atoms with Gasteiger partial charge in [-0.3, -0.25) is 13.9 Å². The molecule has 0 unspecified atom stereocenters. The molecule has 12 heteroatoms. The Morgan fingerprint density at radius 3 is 2.22 bits per heavy atom. The Bertz CT molecular complexity index is 1230. The van der Waals surface area contributed by atoms with Gasteiger partial charge in [-0.15, -0.1) is 0 Å². The highest BCUT2D eigenvalue weighted by molar-refractivity contribution is 7.92. The molecule has 204 valence electrons. The molecule has 0 heterocycles. The summed E-state index contributed by atoms with van der Waals surface area (Å²) in [5.41, 5.74) is 0.937. The molecule has 1 N–H and O–H groups in total. The fraction of sp³-hybridized carbons (Fsp3) is 0.440. The van der Waals surface area contributed by atoms with E-state index in [0.717, 1.165) is 17.0 Å². The van der Waals surface area contributed by atoms with Gasteiger partial charge in [0.05, 0.1) is 27.0 Å². The predicted octanol–water partition coefficient (Wildman–Crippen LogP) is 6.18. The second-order valence-corrected chi connectivity index (χ2v) is 12.4. The summed E-state index contributed by atoms with van der Waals surface area (Å²) in [5.74, 6) is -0.602. The third-order valence-electron chi connectivity index (χ3n) is 5.83. The average molecular weight is 611 g/mol. The highest BCUT2D eigenvalue weighted by Gasteiger charge is 2.27. The van der Waals surface area contributed by atoms with Crippen molar-refractivity contribution in [2.24, 2.45) is 0 Å². The minimum Gasteiger partial charge on any atom is -0.352 e. The summed E-state index contributed by atoms with van der Waals surface area (Å²) in [6, 6.07) is 8.72. The fourth-order valence-corrected chi connectivity index (χ4v) is 5.27. The predicted molar refractivity (Wildman–Crippen MR) is 152 cm³/mol. The van der Waals surface area contributed by atoms with Crippen molar-refractivity contribution in [2.75, 3.05) is 17.1 Å². The van der Waals surface area contributed by atoms with Crippen LogP contribution in [-0.2, 0) is 26.2 Å². The lowest BCUT2D eigenvalue weighted by Crippen LogP contribution is -2.49. The highest BCUT2D eigenvalue weighted by atomic mass is 35.5. The van der Waals surface area contributed by atoms with Gasteiger partial charge in [-0.2, -0.15) is 0 Å². The molecule has 2 atom stereocenters. The van der Waals surface area contributed by atoms with E-state index in [1.54, 1.807) is 31.2 Å². The van der Waals surface area contributed by atoms with E-state index >= 15 is 0 Å². The summed E-state index contributed by atoms with van der Waals surface area (Å²) in [5, 5.41) is 4.17. The molecule has 0 spiro atoms. The Morgan fingerprint density at radius 1 is 0.973 bits per heavy atom. The first-order chi connectivity index (χ1) is 17.2. The Morgan fingerprint density at radius 2 is 1.62 bits per heavy atom. The standard InChI is InChI=1S/C25H31Cl4N3O4S/c1-5-16(2)30-25(34)17(3)31(15-18-8-10-20(27)22(29)13-18)24(33)7-6-12-32(37(4,35)36)23-14-19(26)9-11-21(23)28/h8-11,13-14,16-17H,5-7,12,15H2,1-4H3,(H,30,34)/t16-,17+/m0/s1. The Labute approximate surface area is 239 Å². The van der Waals surface area contributed by atoms with Crippen LogP contribution in [0.2, 0.25) is 20.1 Å². The van der Waals surface area contributed by atoms with Crippen LogP contribution >= 0.6 is 46.4 Å². The summed E-state index contributed by atoms with van der Waals surface area (Å²) in [4.78, 5) is 27.7. The number of carbonyl (C=O) groups excluding carboxylic acids is 2. The molecule has 0 aliphatic heterocycles. The molecule has 2 rings (SSSR count). The summed E-state index contributed by atoms with van der Waals surface area (Å²) >= 11 is 24.5. The maximum atomic E-state index is 13.4. The van der Waals surface area contributed by atoms with Crippen molar-refractivity contribution >= 4 is 73.9 Å². The number of carbonyl (C=O) groups is 2. The number of benzene rings is 2. The van der Waals surface area contributed by atoms with E-state index in [0.29, 0.717) is 20.6 Å². The second kappa shape index (κ2) is 13.9. The Balaban J connectivity index is 2.24. The summed E-state index contributed by atoms with van der Waals surface area (Å²) in [7, 11) is -3.70. The highest BCUT2D eigenvalue weighted by Crippen LogP contribution is 2.31. The first kappa shape index (κ1) is 31.5. The number of rotatable bonds is 12. The average Bonchev–Trinajstić information content (AvgIpc) is 2.82. The van der Waals surface area contributed by atoms with E-state index in [1.807, 2.05) is 13.8 Å².